The van der Waals surface area contributed by atoms with Crippen molar-refractivity contribution in [2.24, 2.45) is 0 Å². The van der Waals surface area contributed by atoms with Gasteiger partial charge in [0.1, 0.15) is 0 Å². The molecule has 104 valence electrons. The van der Waals surface area contributed by atoms with E-state index in [9.17, 15) is 14.7 Å². The fourth-order valence-electron chi connectivity index (χ4n) is 1.87. The van der Waals surface area contributed by atoms with E-state index in [1.54, 1.807) is 0 Å². The first-order valence-corrected chi connectivity index (χ1v) is 6.14. The molecule has 7 nitrogen and oxygen atoms in total. The van der Waals surface area contributed by atoms with Gasteiger partial charge in [0.25, 0.3) is 0 Å². The molecule has 1 aliphatic rings. The predicted molar refractivity (Wildman–Crippen MR) is 65.2 cm³/mol. The molecule has 0 aromatic carbocycles. The maximum Gasteiger partial charge on any atom is 0.328 e. The summed E-state index contributed by atoms with van der Waals surface area (Å²) in [4.78, 5) is 24.5. The minimum absolute atomic E-state index is 0.165. The molecule has 1 aliphatic heterocycles. The molecule has 7 heteroatoms. The number of carboxylic acids is 1. The zero-order chi connectivity index (χ0) is 13.5. The molecule has 1 rings (SSSR count). The van der Waals surface area contributed by atoms with Gasteiger partial charge in [-0.3, -0.25) is 9.69 Å². The second-order valence-electron chi connectivity index (χ2n) is 4.50. The number of rotatable bonds is 5. The molecule has 0 aromatic rings. The van der Waals surface area contributed by atoms with Crippen LogP contribution in [0.15, 0.2) is 0 Å². The summed E-state index contributed by atoms with van der Waals surface area (Å²) in [6, 6.07) is -1.25. The van der Waals surface area contributed by atoms with E-state index in [0.29, 0.717) is 0 Å². The Morgan fingerprint density at radius 3 is 2.72 bits per heavy atom. The van der Waals surface area contributed by atoms with Crippen molar-refractivity contribution in [1.82, 2.24) is 15.5 Å². The maximum absolute atomic E-state index is 11.7. The van der Waals surface area contributed by atoms with Crippen LogP contribution in [0.2, 0.25) is 0 Å². The van der Waals surface area contributed by atoms with Crippen LogP contribution in [-0.4, -0.2) is 71.9 Å². The first-order chi connectivity index (χ1) is 8.50. The number of aliphatic carboxylic acids is 1. The summed E-state index contributed by atoms with van der Waals surface area (Å²) in [6.45, 7) is 4.84. The van der Waals surface area contributed by atoms with Crippen molar-refractivity contribution < 1.29 is 19.8 Å². The summed E-state index contributed by atoms with van der Waals surface area (Å²) in [5.41, 5.74) is 0. The monoisotopic (exact) mass is 259 g/mol. The van der Waals surface area contributed by atoms with Crippen molar-refractivity contribution >= 4 is 11.9 Å². The number of hydrogen-bond donors (Lipinski definition) is 4. The van der Waals surface area contributed by atoms with Gasteiger partial charge in [-0.1, -0.05) is 0 Å². The van der Waals surface area contributed by atoms with Crippen molar-refractivity contribution in [3.05, 3.63) is 0 Å². The second-order valence-corrected chi connectivity index (χ2v) is 4.50. The summed E-state index contributed by atoms with van der Waals surface area (Å²) < 4.78 is 0. The Kier molecular flexibility index (Phi) is 6.03. The number of amides is 1. The largest absolute Gasteiger partial charge is 0.480 e. The Morgan fingerprint density at radius 2 is 2.11 bits per heavy atom. The van der Waals surface area contributed by atoms with E-state index >= 15 is 0 Å². The highest BCUT2D eigenvalue weighted by molar-refractivity contribution is 5.85. The number of aliphatic hydroxyl groups is 1. The Balaban J connectivity index is 2.41. The van der Waals surface area contributed by atoms with Gasteiger partial charge in [-0.05, 0) is 26.4 Å². The third-order valence-corrected chi connectivity index (χ3v) is 2.86. The summed E-state index contributed by atoms with van der Waals surface area (Å²) in [5, 5.41) is 23.7. The molecule has 2 atom stereocenters. The minimum atomic E-state index is -1.25. The number of hydrogen-bond acceptors (Lipinski definition) is 5. The van der Waals surface area contributed by atoms with Gasteiger partial charge >= 0.3 is 5.97 Å². The number of aliphatic hydroxyl groups excluding tert-OH is 1. The van der Waals surface area contributed by atoms with Gasteiger partial charge in [0.15, 0.2) is 6.04 Å². The lowest BCUT2D eigenvalue weighted by atomic mass is 10.2. The number of carbonyl (C=O) groups excluding carboxylic acids is 1. The zero-order valence-corrected chi connectivity index (χ0v) is 10.6. The van der Waals surface area contributed by atoms with Gasteiger partial charge in [-0.15, -0.1) is 0 Å². The van der Waals surface area contributed by atoms with Crippen molar-refractivity contribution in [1.29, 1.82) is 0 Å². The molecule has 1 amide bonds. The SMILES string of the molecule is C[C@@H](O)[C@H](NC(=O)CN1CCCNCC1)C(=O)O. The fraction of sp³-hybridized carbons (Fsp3) is 0.818. The van der Waals surface area contributed by atoms with E-state index in [1.165, 1.54) is 6.92 Å². The molecule has 0 radical (unpaired) electrons. The molecule has 1 heterocycles. The van der Waals surface area contributed by atoms with Crippen LogP contribution >= 0.6 is 0 Å². The molecule has 0 bridgehead atoms. The third-order valence-electron chi connectivity index (χ3n) is 2.86. The van der Waals surface area contributed by atoms with Crippen molar-refractivity contribution in [2.45, 2.75) is 25.5 Å². The Labute approximate surface area is 106 Å². The average molecular weight is 259 g/mol. The minimum Gasteiger partial charge on any atom is -0.480 e. The van der Waals surface area contributed by atoms with Gasteiger partial charge in [0.2, 0.25) is 5.91 Å². The van der Waals surface area contributed by atoms with Crippen LogP contribution < -0.4 is 10.6 Å². The number of nitrogens with zero attached hydrogens (tertiary/aromatic N) is 1. The molecule has 1 saturated heterocycles. The Morgan fingerprint density at radius 1 is 1.39 bits per heavy atom. The summed E-state index contributed by atoms with van der Waals surface area (Å²) in [7, 11) is 0. The van der Waals surface area contributed by atoms with Crippen LogP contribution in [0.3, 0.4) is 0 Å². The van der Waals surface area contributed by atoms with E-state index in [-0.39, 0.29) is 12.5 Å². The molecule has 0 aromatic heterocycles. The molecule has 1 fully saturated rings. The van der Waals surface area contributed by atoms with Gasteiger partial charge in [-0.25, -0.2) is 4.79 Å². The number of nitrogens with one attached hydrogen (secondary N) is 2. The molecule has 4 N–H and O–H groups in total. The van der Waals surface area contributed by atoms with Gasteiger partial charge < -0.3 is 20.8 Å². The van der Waals surface area contributed by atoms with Crippen molar-refractivity contribution in [2.75, 3.05) is 32.7 Å². The molecular formula is C11H21N3O4. The highest BCUT2D eigenvalue weighted by Crippen LogP contribution is 1.97. The van der Waals surface area contributed by atoms with E-state index in [0.717, 1.165) is 32.6 Å². The summed E-state index contributed by atoms with van der Waals surface area (Å²) in [5.74, 6) is -1.60. The molecule has 0 unspecified atom stereocenters. The smallest absolute Gasteiger partial charge is 0.328 e. The average Bonchev–Trinajstić information content (AvgIpc) is 2.53. The van der Waals surface area contributed by atoms with Gasteiger partial charge in [0.05, 0.1) is 12.6 Å². The van der Waals surface area contributed by atoms with E-state index in [4.69, 9.17) is 5.11 Å². The quantitative estimate of drug-likeness (QED) is 0.466. The maximum atomic E-state index is 11.7. The Hall–Kier alpha value is -1.18. The second kappa shape index (κ2) is 7.30. The molecule has 0 spiro atoms. The first-order valence-electron chi connectivity index (χ1n) is 6.14. The van der Waals surface area contributed by atoms with Crippen LogP contribution in [0.25, 0.3) is 0 Å². The van der Waals surface area contributed by atoms with Gasteiger partial charge in [0, 0.05) is 13.1 Å². The topological polar surface area (TPSA) is 102 Å². The standard InChI is InChI=1S/C11H21N3O4/c1-8(15)10(11(17)18)13-9(16)7-14-5-2-3-12-4-6-14/h8,10,12,15H,2-7H2,1H3,(H,13,16)(H,17,18)/t8-,10+/m1/s1. The van der Waals surface area contributed by atoms with E-state index in [1.807, 2.05) is 4.90 Å². The normalized spacial score (nSPS) is 20.8. The molecule has 0 saturated carbocycles. The molecule has 0 aliphatic carbocycles. The number of carbonyl (C=O) groups is 2. The third kappa shape index (κ3) is 4.99. The van der Waals surface area contributed by atoms with Crippen LogP contribution in [-0.2, 0) is 9.59 Å². The van der Waals surface area contributed by atoms with Gasteiger partial charge in [-0.2, -0.15) is 0 Å². The summed E-state index contributed by atoms with van der Waals surface area (Å²) in [6.07, 6.45) is -0.149. The van der Waals surface area contributed by atoms with Crippen molar-refractivity contribution in [3.8, 4) is 0 Å². The fourth-order valence-corrected chi connectivity index (χ4v) is 1.87. The van der Waals surface area contributed by atoms with Crippen molar-refractivity contribution in [3.63, 3.8) is 0 Å². The first kappa shape index (κ1) is 14.9. The predicted octanol–water partition coefficient (Wildman–Crippen LogP) is -1.77. The lowest BCUT2D eigenvalue weighted by Crippen LogP contribution is -2.50. The van der Waals surface area contributed by atoms with Crippen LogP contribution in [0.1, 0.15) is 13.3 Å². The highest BCUT2D eigenvalue weighted by Gasteiger charge is 2.25. The summed E-state index contributed by atoms with van der Waals surface area (Å²) >= 11 is 0. The van der Waals surface area contributed by atoms with Crippen LogP contribution in [0.5, 0.6) is 0 Å². The van der Waals surface area contributed by atoms with E-state index in [2.05, 4.69) is 10.6 Å². The van der Waals surface area contributed by atoms with E-state index < -0.39 is 18.1 Å². The number of carboxylic acid groups (broad SMARTS) is 1. The lowest BCUT2D eigenvalue weighted by molar-refractivity contribution is -0.144. The Bertz CT molecular complexity index is 288. The molecular weight excluding hydrogens is 238 g/mol. The molecule has 18 heavy (non-hydrogen) atoms. The van der Waals surface area contributed by atoms with Crippen LogP contribution in [0.4, 0.5) is 0 Å². The highest BCUT2D eigenvalue weighted by atomic mass is 16.4. The van der Waals surface area contributed by atoms with Crippen LogP contribution in [0, 0.1) is 0 Å². The lowest BCUT2D eigenvalue weighted by Gasteiger charge is -2.21. The zero-order valence-electron chi connectivity index (χ0n) is 10.6.